The molecule has 20 heavy (non-hydrogen) atoms. The van der Waals surface area contributed by atoms with Crippen molar-refractivity contribution in [1.82, 2.24) is 0 Å². The van der Waals surface area contributed by atoms with Gasteiger partial charge in [0.2, 0.25) is 0 Å². The first kappa shape index (κ1) is 15.2. The predicted molar refractivity (Wildman–Crippen MR) is 92.9 cm³/mol. The second kappa shape index (κ2) is 6.97. The van der Waals surface area contributed by atoms with Crippen LogP contribution in [0.4, 0.5) is 5.69 Å². The zero-order chi connectivity index (χ0) is 14.5. The molecule has 0 saturated carbocycles. The van der Waals surface area contributed by atoms with Crippen molar-refractivity contribution in [2.45, 2.75) is 11.4 Å². The van der Waals surface area contributed by atoms with E-state index in [2.05, 4.69) is 5.32 Å². The number of benzene rings is 2. The molecule has 0 aromatic heterocycles. The van der Waals surface area contributed by atoms with Crippen molar-refractivity contribution in [2.24, 2.45) is 5.73 Å². The Morgan fingerprint density at radius 2 is 1.95 bits per heavy atom. The molecule has 2 aromatic rings. The van der Waals surface area contributed by atoms with Crippen LogP contribution in [0.2, 0.25) is 5.02 Å². The van der Waals surface area contributed by atoms with Gasteiger partial charge in [-0.1, -0.05) is 42.0 Å². The molecule has 0 heterocycles. The lowest BCUT2D eigenvalue weighted by atomic mass is 10.1. The Morgan fingerprint density at radius 3 is 2.55 bits per heavy atom. The molecule has 0 atom stereocenters. The largest absolute Gasteiger partial charge is 0.389 e. The molecule has 0 unspecified atom stereocenters. The van der Waals surface area contributed by atoms with Crippen LogP contribution in [0.1, 0.15) is 11.1 Å². The first-order valence-corrected chi connectivity index (χ1v) is 8.08. The average Bonchev–Trinajstić information content (AvgIpc) is 2.46. The van der Waals surface area contributed by atoms with E-state index in [0.717, 1.165) is 26.7 Å². The Labute approximate surface area is 133 Å². The SMILES string of the molecule is CSc1cccc(NCc2ccc(Cl)cc2)c1C(N)=S. The third-order valence-electron chi connectivity index (χ3n) is 2.89. The molecule has 0 fully saturated rings. The van der Waals surface area contributed by atoms with Gasteiger partial charge in [-0.2, -0.15) is 0 Å². The molecule has 0 radical (unpaired) electrons. The quantitative estimate of drug-likeness (QED) is 0.635. The van der Waals surface area contributed by atoms with Crippen molar-refractivity contribution in [1.29, 1.82) is 0 Å². The molecular formula is C15H15ClN2S2. The maximum Gasteiger partial charge on any atom is 0.107 e. The number of nitrogens with two attached hydrogens (primary N) is 1. The van der Waals surface area contributed by atoms with E-state index in [4.69, 9.17) is 29.6 Å². The fourth-order valence-electron chi connectivity index (χ4n) is 1.90. The summed E-state index contributed by atoms with van der Waals surface area (Å²) in [5, 5.41) is 4.12. The number of halogens is 1. The topological polar surface area (TPSA) is 38.0 Å². The van der Waals surface area contributed by atoms with Gasteiger partial charge in [-0.15, -0.1) is 11.8 Å². The molecule has 0 aliphatic heterocycles. The summed E-state index contributed by atoms with van der Waals surface area (Å²) >= 11 is 12.7. The highest BCUT2D eigenvalue weighted by molar-refractivity contribution is 7.98. The third kappa shape index (κ3) is 3.66. The maximum absolute atomic E-state index is 5.88. The fraction of sp³-hybridized carbons (Fsp3) is 0.133. The van der Waals surface area contributed by atoms with Gasteiger partial charge in [-0.25, -0.2) is 0 Å². The second-order valence-corrected chi connectivity index (χ2v) is 5.95. The minimum absolute atomic E-state index is 0.411. The summed E-state index contributed by atoms with van der Waals surface area (Å²) in [6.45, 7) is 0.699. The van der Waals surface area contributed by atoms with Crippen LogP contribution in [0.5, 0.6) is 0 Å². The monoisotopic (exact) mass is 322 g/mol. The van der Waals surface area contributed by atoms with E-state index in [1.807, 2.05) is 48.7 Å². The number of rotatable bonds is 5. The van der Waals surface area contributed by atoms with E-state index in [0.29, 0.717) is 11.5 Å². The summed E-state index contributed by atoms with van der Waals surface area (Å²) in [7, 11) is 0. The van der Waals surface area contributed by atoms with Crippen molar-refractivity contribution < 1.29 is 0 Å². The minimum atomic E-state index is 0.411. The van der Waals surface area contributed by atoms with Crippen LogP contribution < -0.4 is 11.1 Å². The van der Waals surface area contributed by atoms with Crippen molar-refractivity contribution in [3.8, 4) is 0 Å². The molecule has 5 heteroatoms. The summed E-state index contributed by atoms with van der Waals surface area (Å²) in [4.78, 5) is 1.49. The Hall–Kier alpha value is -1.23. The normalized spacial score (nSPS) is 10.3. The number of anilines is 1. The number of hydrogen-bond acceptors (Lipinski definition) is 3. The van der Waals surface area contributed by atoms with E-state index in [-0.39, 0.29) is 0 Å². The Bertz CT molecular complexity index is 612. The first-order chi connectivity index (χ1) is 9.61. The highest BCUT2D eigenvalue weighted by atomic mass is 35.5. The highest BCUT2D eigenvalue weighted by Gasteiger charge is 2.10. The molecule has 0 aliphatic rings. The van der Waals surface area contributed by atoms with Gasteiger partial charge < -0.3 is 11.1 Å². The van der Waals surface area contributed by atoms with Gasteiger partial charge in [-0.3, -0.25) is 0 Å². The standard InChI is InChI=1S/C15H15ClN2S2/c1-20-13-4-2-3-12(14(13)15(17)19)18-9-10-5-7-11(16)8-6-10/h2-8,18H,9H2,1H3,(H2,17,19). The lowest BCUT2D eigenvalue weighted by Crippen LogP contribution is -2.14. The van der Waals surface area contributed by atoms with Crippen LogP contribution >= 0.6 is 35.6 Å². The van der Waals surface area contributed by atoms with Gasteiger partial charge >= 0.3 is 0 Å². The van der Waals surface area contributed by atoms with Crippen LogP contribution in [0, 0.1) is 0 Å². The lowest BCUT2D eigenvalue weighted by Gasteiger charge is -2.14. The number of hydrogen-bond donors (Lipinski definition) is 2. The maximum atomic E-state index is 5.88. The second-order valence-electron chi connectivity index (χ2n) is 4.23. The van der Waals surface area contributed by atoms with Crippen LogP contribution in [0.25, 0.3) is 0 Å². The zero-order valence-electron chi connectivity index (χ0n) is 11.0. The van der Waals surface area contributed by atoms with E-state index in [1.165, 1.54) is 0 Å². The summed E-state index contributed by atoms with van der Waals surface area (Å²) < 4.78 is 0. The van der Waals surface area contributed by atoms with Crippen LogP contribution in [0.15, 0.2) is 47.4 Å². The van der Waals surface area contributed by atoms with Gasteiger partial charge in [0, 0.05) is 27.7 Å². The van der Waals surface area contributed by atoms with Crippen molar-refractivity contribution in [2.75, 3.05) is 11.6 Å². The summed E-state index contributed by atoms with van der Waals surface area (Å²) in [6, 6.07) is 13.8. The third-order valence-corrected chi connectivity index (χ3v) is 4.12. The molecule has 0 bridgehead atoms. The zero-order valence-corrected chi connectivity index (χ0v) is 13.4. The smallest absolute Gasteiger partial charge is 0.107 e. The molecule has 0 spiro atoms. The van der Waals surface area contributed by atoms with Crippen molar-refractivity contribution in [3.05, 3.63) is 58.6 Å². The van der Waals surface area contributed by atoms with Gasteiger partial charge in [0.05, 0.1) is 0 Å². The van der Waals surface area contributed by atoms with Gasteiger partial charge in [-0.05, 0) is 36.1 Å². The molecule has 104 valence electrons. The molecule has 2 rings (SSSR count). The highest BCUT2D eigenvalue weighted by Crippen LogP contribution is 2.27. The Morgan fingerprint density at radius 1 is 1.25 bits per heavy atom. The average molecular weight is 323 g/mol. The molecule has 2 aromatic carbocycles. The number of thioether (sulfide) groups is 1. The molecule has 0 amide bonds. The van der Waals surface area contributed by atoms with Crippen LogP contribution in [-0.4, -0.2) is 11.2 Å². The van der Waals surface area contributed by atoms with Gasteiger partial charge in [0.1, 0.15) is 4.99 Å². The van der Waals surface area contributed by atoms with E-state index < -0.39 is 0 Å². The van der Waals surface area contributed by atoms with Crippen molar-refractivity contribution >= 4 is 46.3 Å². The molecule has 0 saturated heterocycles. The summed E-state index contributed by atoms with van der Waals surface area (Å²) in [5.41, 5.74) is 8.86. The fourth-order valence-corrected chi connectivity index (χ4v) is 2.95. The first-order valence-electron chi connectivity index (χ1n) is 6.07. The minimum Gasteiger partial charge on any atom is -0.389 e. The molecule has 3 N–H and O–H groups in total. The van der Waals surface area contributed by atoms with E-state index in [9.17, 15) is 0 Å². The van der Waals surface area contributed by atoms with Crippen molar-refractivity contribution in [3.63, 3.8) is 0 Å². The Balaban J connectivity index is 2.21. The van der Waals surface area contributed by atoms with Crippen LogP contribution in [0.3, 0.4) is 0 Å². The van der Waals surface area contributed by atoms with E-state index >= 15 is 0 Å². The Kier molecular flexibility index (Phi) is 5.29. The predicted octanol–water partition coefficient (Wildman–Crippen LogP) is 4.31. The van der Waals surface area contributed by atoms with E-state index in [1.54, 1.807) is 11.8 Å². The summed E-state index contributed by atoms with van der Waals surface area (Å²) in [6.07, 6.45) is 2.01. The summed E-state index contributed by atoms with van der Waals surface area (Å²) in [5.74, 6) is 0. The number of thiocarbonyl (C=S) groups is 1. The molecule has 2 nitrogen and oxygen atoms in total. The number of nitrogens with one attached hydrogen (secondary N) is 1. The van der Waals surface area contributed by atoms with Gasteiger partial charge in [0.25, 0.3) is 0 Å². The lowest BCUT2D eigenvalue weighted by molar-refractivity contribution is 1.14. The van der Waals surface area contributed by atoms with Gasteiger partial charge in [0.15, 0.2) is 0 Å². The molecular weight excluding hydrogens is 308 g/mol. The molecule has 0 aliphatic carbocycles. The van der Waals surface area contributed by atoms with Crippen LogP contribution in [-0.2, 0) is 6.54 Å².